The second kappa shape index (κ2) is 10.7. The Morgan fingerprint density at radius 1 is 0.778 bits per heavy atom. The number of hydrogen-bond donors (Lipinski definition) is 0. The third kappa shape index (κ3) is 7.24. The number of benzene rings is 2. The molecule has 0 radical (unpaired) electrons. The van der Waals surface area contributed by atoms with E-state index in [2.05, 4.69) is 19.7 Å². The van der Waals surface area contributed by atoms with Crippen LogP contribution in [-0.4, -0.2) is 19.2 Å². The molecule has 0 aliphatic rings. The van der Waals surface area contributed by atoms with Gasteiger partial charge in [0.05, 0.1) is 13.2 Å². The van der Waals surface area contributed by atoms with E-state index in [9.17, 15) is 4.79 Å². The maximum Gasteiger partial charge on any atom is 0.330 e. The smallest absolute Gasteiger partial charge is 0.330 e. The zero-order valence-electron chi connectivity index (χ0n) is 15.4. The van der Waals surface area contributed by atoms with E-state index in [0.717, 1.165) is 35.1 Å². The van der Waals surface area contributed by atoms with Crippen LogP contribution < -0.4 is 4.74 Å². The van der Waals surface area contributed by atoms with Crippen LogP contribution >= 0.6 is 0 Å². The van der Waals surface area contributed by atoms with E-state index in [1.807, 2.05) is 48.5 Å². The molecule has 0 N–H and O–H groups in total. The summed E-state index contributed by atoms with van der Waals surface area (Å²) in [6.07, 6.45) is 4.19. The minimum absolute atomic E-state index is 0.330. The third-order valence-electron chi connectivity index (χ3n) is 3.79. The van der Waals surface area contributed by atoms with Gasteiger partial charge in [-0.15, -0.1) is 0 Å². The van der Waals surface area contributed by atoms with Gasteiger partial charge in [-0.1, -0.05) is 44.0 Å². The van der Waals surface area contributed by atoms with Gasteiger partial charge in [0.2, 0.25) is 0 Å². The van der Waals surface area contributed by atoms with Crippen molar-refractivity contribution in [1.29, 1.82) is 0 Å². The van der Waals surface area contributed by atoms with Crippen LogP contribution in [0.4, 0.5) is 0 Å². The summed E-state index contributed by atoms with van der Waals surface area (Å²) < 4.78 is 16.2. The van der Waals surface area contributed by atoms with Crippen molar-refractivity contribution < 1.29 is 19.0 Å². The fourth-order valence-corrected chi connectivity index (χ4v) is 2.27. The van der Waals surface area contributed by atoms with Crippen LogP contribution in [0, 0.1) is 0 Å². The summed E-state index contributed by atoms with van der Waals surface area (Å²) in [7, 11) is 0. The summed E-state index contributed by atoms with van der Waals surface area (Å²) in [5.41, 5.74) is 2.22. The standard InChI is InChI=1S/C23H24O4/c1-4-18(3)25-16-14-19-6-10-21(11-7-19)27-22-12-8-20(9-13-22)15-17-26-23(24)5-2/h4-13H,1-3,14-17H2. The van der Waals surface area contributed by atoms with Crippen molar-refractivity contribution in [2.24, 2.45) is 0 Å². The van der Waals surface area contributed by atoms with Crippen molar-refractivity contribution in [2.75, 3.05) is 13.2 Å². The third-order valence-corrected chi connectivity index (χ3v) is 3.79. The monoisotopic (exact) mass is 364 g/mol. The molecule has 27 heavy (non-hydrogen) atoms. The summed E-state index contributed by atoms with van der Waals surface area (Å²) in [6.45, 7) is 11.6. The summed E-state index contributed by atoms with van der Waals surface area (Å²) >= 11 is 0. The van der Waals surface area contributed by atoms with Crippen molar-refractivity contribution in [3.63, 3.8) is 0 Å². The Hall–Kier alpha value is -3.27. The number of hydrogen-bond acceptors (Lipinski definition) is 4. The van der Waals surface area contributed by atoms with Crippen LogP contribution in [0.1, 0.15) is 11.1 Å². The van der Waals surface area contributed by atoms with E-state index >= 15 is 0 Å². The molecule has 0 unspecified atom stereocenters. The SMILES string of the molecule is C=CC(=C)OCCc1ccc(Oc2ccc(CCOC(=O)C=C)cc2)cc1. The maximum absolute atomic E-state index is 11.0. The van der Waals surface area contributed by atoms with Crippen LogP contribution in [0.25, 0.3) is 0 Å². The van der Waals surface area contributed by atoms with Crippen LogP contribution in [0.5, 0.6) is 11.5 Å². The molecule has 0 aliphatic carbocycles. The van der Waals surface area contributed by atoms with Gasteiger partial charge in [0.25, 0.3) is 0 Å². The van der Waals surface area contributed by atoms with Crippen molar-refractivity contribution in [1.82, 2.24) is 0 Å². The molecule has 0 aromatic heterocycles. The molecule has 2 rings (SSSR count). The van der Waals surface area contributed by atoms with Gasteiger partial charge in [-0.05, 0) is 41.5 Å². The zero-order chi connectivity index (χ0) is 19.5. The molecule has 0 bridgehead atoms. The van der Waals surface area contributed by atoms with Gasteiger partial charge in [0.1, 0.15) is 17.3 Å². The van der Waals surface area contributed by atoms with Gasteiger partial charge in [0.15, 0.2) is 0 Å². The molecule has 2 aromatic carbocycles. The van der Waals surface area contributed by atoms with E-state index < -0.39 is 5.97 Å². The number of allylic oxidation sites excluding steroid dienone is 1. The van der Waals surface area contributed by atoms with Crippen molar-refractivity contribution >= 4 is 5.97 Å². The average Bonchev–Trinajstić information content (AvgIpc) is 2.70. The molecule has 0 saturated heterocycles. The molecule has 0 heterocycles. The van der Waals surface area contributed by atoms with Crippen molar-refractivity contribution in [2.45, 2.75) is 12.8 Å². The first-order valence-electron chi connectivity index (χ1n) is 8.70. The zero-order valence-corrected chi connectivity index (χ0v) is 15.4. The Balaban J connectivity index is 1.80. The van der Waals surface area contributed by atoms with Gasteiger partial charge in [-0.2, -0.15) is 0 Å². The summed E-state index contributed by atoms with van der Waals surface area (Å²) in [5, 5.41) is 0. The van der Waals surface area contributed by atoms with Gasteiger partial charge >= 0.3 is 5.97 Å². The van der Waals surface area contributed by atoms with E-state index in [1.54, 1.807) is 6.08 Å². The van der Waals surface area contributed by atoms with Crippen LogP contribution in [-0.2, 0) is 27.1 Å². The van der Waals surface area contributed by atoms with E-state index in [4.69, 9.17) is 14.2 Å². The lowest BCUT2D eigenvalue weighted by molar-refractivity contribution is -0.137. The fourth-order valence-electron chi connectivity index (χ4n) is 2.27. The molecule has 2 aromatic rings. The molecular formula is C23H24O4. The summed E-state index contributed by atoms with van der Waals surface area (Å²) in [4.78, 5) is 11.0. The van der Waals surface area contributed by atoms with Gasteiger partial charge < -0.3 is 14.2 Å². The second-order valence-electron chi connectivity index (χ2n) is 5.78. The topological polar surface area (TPSA) is 44.8 Å². The first kappa shape index (κ1) is 20.0. The van der Waals surface area contributed by atoms with Crippen LogP contribution in [0.3, 0.4) is 0 Å². The second-order valence-corrected chi connectivity index (χ2v) is 5.78. The Morgan fingerprint density at radius 3 is 1.70 bits per heavy atom. The number of carbonyl (C=O) groups excluding carboxylic acids is 1. The molecule has 0 aliphatic heterocycles. The molecular weight excluding hydrogens is 340 g/mol. The van der Waals surface area contributed by atoms with Gasteiger partial charge in [-0.25, -0.2) is 4.79 Å². The maximum atomic E-state index is 11.0. The highest BCUT2D eigenvalue weighted by atomic mass is 16.5. The highest BCUT2D eigenvalue weighted by Crippen LogP contribution is 2.22. The van der Waals surface area contributed by atoms with Crippen molar-refractivity contribution in [3.05, 3.63) is 97.3 Å². The highest BCUT2D eigenvalue weighted by molar-refractivity contribution is 5.81. The average molecular weight is 364 g/mol. The first-order valence-corrected chi connectivity index (χ1v) is 8.70. The number of rotatable bonds is 11. The molecule has 0 spiro atoms. The predicted octanol–water partition coefficient (Wildman–Crippen LogP) is 5.01. The first-order chi connectivity index (χ1) is 13.1. The quantitative estimate of drug-likeness (QED) is 0.243. The molecule has 140 valence electrons. The minimum Gasteiger partial charge on any atom is -0.494 e. The Kier molecular flexibility index (Phi) is 7.92. The Bertz CT molecular complexity index is 706. The van der Waals surface area contributed by atoms with E-state index in [-0.39, 0.29) is 0 Å². The predicted molar refractivity (Wildman–Crippen MR) is 107 cm³/mol. The lowest BCUT2D eigenvalue weighted by Gasteiger charge is -2.09. The van der Waals surface area contributed by atoms with E-state index in [0.29, 0.717) is 25.4 Å². The van der Waals surface area contributed by atoms with E-state index in [1.165, 1.54) is 0 Å². The van der Waals surface area contributed by atoms with Crippen LogP contribution in [0.2, 0.25) is 0 Å². The van der Waals surface area contributed by atoms with Gasteiger partial charge in [0, 0.05) is 18.9 Å². The number of ether oxygens (including phenoxy) is 3. The molecule has 0 atom stereocenters. The molecule has 4 heteroatoms. The highest BCUT2D eigenvalue weighted by Gasteiger charge is 2.01. The summed E-state index contributed by atoms with van der Waals surface area (Å²) in [5.74, 6) is 1.69. The molecule has 0 fully saturated rings. The Morgan fingerprint density at radius 2 is 1.26 bits per heavy atom. The normalized spacial score (nSPS) is 9.93. The Labute approximate surface area is 160 Å². The molecule has 0 saturated carbocycles. The molecule has 0 amide bonds. The largest absolute Gasteiger partial charge is 0.494 e. The lowest BCUT2D eigenvalue weighted by Crippen LogP contribution is -2.04. The fraction of sp³-hybridized carbons (Fsp3) is 0.174. The summed E-state index contributed by atoms with van der Waals surface area (Å²) in [6, 6.07) is 15.6. The lowest BCUT2D eigenvalue weighted by atomic mass is 10.1. The van der Waals surface area contributed by atoms with Crippen LogP contribution in [0.15, 0.2) is 86.2 Å². The van der Waals surface area contributed by atoms with Gasteiger partial charge in [-0.3, -0.25) is 0 Å². The number of esters is 1. The number of carbonyl (C=O) groups is 1. The van der Waals surface area contributed by atoms with Crippen molar-refractivity contribution in [3.8, 4) is 11.5 Å². The minimum atomic E-state index is -0.407. The molecule has 4 nitrogen and oxygen atoms in total.